The molecule has 16 heavy (non-hydrogen) atoms. The number of hydrogen-bond acceptors (Lipinski definition) is 0. The minimum absolute atomic E-state index is 0.663. The molecule has 0 saturated heterocycles. The van der Waals surface area contributed by atoms with Crippen molar-refractivity contribution >= 4 is 23.1 Å². The normalized spacial score (nSPS) is 16.7. The van der Waals surface area contributed by atoms with E-state index in [0.717, 1.165) is 5.92 Å². The summed E-state index contributed by atoms with van der Waals surface area (Å²) in [6.45, 7) is 4.57. The van der Waals surface area contributed by atoms with Gasteiger partial charge in [0, 0.05) is 5.92 Å². The molecule has 0 fully saturated rings. The van der Waals surface area contributed by atoms with Crippen molar-refractivity contribution in [2.45, 2.75) is 26.2 Å². The van der Waals surface area contributed by atoms with Crippen LogP contribution in [-0.4, -0.2) is 0 Å². The maximum absolute atomic E-state index is 4.93. The predicted octanol–water partition coefficient (Wildman–Crippen LogP) is 5.22. The zero-order chi connectivity index (χ0) is 12.0. The fourth-order valence-electron chi connectivity index (χ4n) is 2.04. The SMILES string of the molecule is CC(C)CC1C=Cc2ccccc21.[Cl][Zr][Cl]. The van der Waals surface area contributed by atoms with Crippen molar-refractivity contribution in [3.05, 3.63) is 41.5 Å². The average Bonchev–Trinajstić information content (AvgIpc) is 2.63. The molecular weight excluding hydrogens is 318 g/mol. The molecule has 1 aliphatic carbocycles. The first kappa shape index (κ1) is 14.5. The Labute approximate surface area is 117 Å². The molecule has 86 valence electrons. The molecule has 0 N–H and O–H groups in total. The summed E-state index contributed by atoms with van der Waals surface area (Å²) in [6, 6.07) is 8.70. The number of allylic oxidation sites excluding steroid dienone is 1. The van der Waals surface area contributed by atoms with E-state index in [4.69, 9.17) is 17.0 Å². The molecule has 1 atom stereocenters. The van der Waals surface area contributed by atoms with Crippen molar-refractivity contribution in [2.24, 2.45) is 5.92 Å². The van der Waals surface area contributed by atoms with Gasteiger partial charge >= 0.3 is 37.9 Å². The number of benzene rings is 1. The first-order valence-corrected chi connectivity index (χ1v) is 11.8. The fourth-order valence-corrected chi connectivity index (χ4v) is 2.04. The van der Waals surface area contributed by atoms with E-state index >= 15 is 0 Å². The van der Waals surface area contributed by atoms with E-state index in [1.165, 1.54) is 17.5 Å². The van der Waals surface area contributed by atoms with Crippen LogP contribution in [0.25, 0.3) is 6.08 Å². The zero-order valence-electron chi connectivity index (χ0n) is 9.58. The molecule has 1 aromatic rings. The number of rotatable bonds is 2. The first-order valence-electron chi connectivity index (χ1n) is 5.42. The van der Waals surface area contributed by atoms with Crippen LogP contribution in [0.1, 0.15) is 37.3 Å². The van der Waals surface area contributed by atoms with Gasteiger partial charge in [-0.15, -0.1) is 0 Å². The van der Waals surface area contributed by atoms with Crippen LogP contribution in [0.3, 0.4) is 0 Å². The van der Waals surface area contributed by atoms with Gasteiger partial charge in [-0.3, -0.25) is 0 Å². The second-order valence-electron chi connectivity index (χ2n) is 4.30. The van der Waals surface area contributed by atoms with Crippen molar-refractivity contribution in [3.63, 3.8) is 0 Å². The van der Waals surface area contributed by atoms with Crippen molar-refractivity contribution in [3.8, 4) is 0 Å². The van der Waals surface area contributed by atoms with E-state index < -0.39 is 20.8 Å². The van der Waals surface area contributed by atoms with Crippen LogP contribution in [0.2, 0.25) is 0 Å². The zero-order valence-corrected chi connectivity index (χ0v) is 13.6. The van der Waals surface area contributed by atoms with Crippen molar-refractivity contribution in [2.75, 3.05) is 0 Å². The molecule has 0 heterocycles. The molecule has 0 aliphatic heterocycles. The Balaban J connectivity index is 0.000000386. The van der Waals surface area contributed by atoms with Crippen LogP contribution in [0.5, 0.6) is 0 Å². The monoisotopic (exact) mass is 332 g/mol. The maximum atomic E-state index is 4.93. The van der Waals surface area contributed by atoms with Crippen molar-refractivity contribution < 1.29 is 20.8 Å². The Bertz CT molecular complexity index is 348. The van der Waals surface area contributed by atoms with E-state index in [9.17, 15) is 0 Å². The molecule has 1 aromatic carbocycles. The predicted molar refractivity (Wildman–Crippen MR) is 69.4 cm³/mol. The molecule has 3 heteroatoms. The molecule has 2 rings (SSSR count). The van der Waals surface area contributed by atoms with Gasteiger partial charge in [-0.05, 0) is 23.5 Å². The van der Waals surface area contributed by atoms with Gasteiger partial charge in [0.25, 0.3) is 0 Å². The third kappa shape index (κ3) is 4.36. The molecule has 0 aromatic heterocycles. The molecule has 1 unspecified atom stereocenters. The summed E-state index contributed by atoms with van der Waals surface area (Å²) in [5.41, 5.74) is 2.92. The first-order chi connectivity index (χ1) is 7.69. The van der Waals surface area contributed by atoms with Crippen LogP contribution >= 0.6 is 17.0 Å². The Morgan fingerprint density at radius 1 is 1.25 bits per heavy atom. The third-order valence-electron chi connectivity index (χ3n) is 2.63. The van der Waals surface area contributed by atoms with E-state index in [1.807, 2.05) is 0 Å². The van der Waals surface area contributed by atoms with Crippen LogP contribution in [0.15, 0.2) is 30.3 Å². The Hall–Kier alpha value is 0.423. The van der Waals surface area contributed by atoms with E-state index in [0.29, 0.717) is 5.92 Å². The quantitative estimate of drug-likeness (QED) is 0.695. The Morgan fingerprint density at radius 2 is 1.88 bits per heavy atom. The van der Waals surface area contributed by atoms with Crippen molar-refractivity contribution in [1.82, 2.24) is 0 Å². The van der Waals surface area contributed by atoms with Crippen molar-refractivity contribution in [1.29, 1.82) is 0 Å². The van der Waals surface area contributed by atoms with Crippen LogP contribution in [0.4, 0.5) is 0 Å². The number of fused-ring (bicyclic) bond motifs is 1. The molecule has 0 amide bonds. The molecule has 0 saturated carbocycles. The molecule has 0 nitrogen and oxygen atoms in total. The summed E-state index contributed by atoms with van der Waals surface area (Å²) >= 11 is -0.826. The number of hydrogen-bond donors (Lipinski definition) is 0. The van der Waals surface area contributed by atoms with Crippen LogP contribution in [0, 0.1) is 5.92 Å². The molecular formula is C13H16Cl2Zr. The van der Waals surface area contributed by atoms with Gasteiger partial charge in [0.15, 0.2) is 0 Å². The molecule has 0 spiro atoms. The summed E-state index contributed by atoms with van der Waals surface area (Å²) in [4.78, 5) is 0. The van der Waals surface area contributed by atoms with Gasteiger partial charge in [-0.25, -0.2) is 0 Å². The molecule has 0 radical (unpaired) electrons. The second-order valence-corrected chi connectivity index (χ2v) is 8.03. The summed E-state index contributed by atoms with van der Waals surface area (Å²) in [5, 5.41) is 0. The molecule has 1 aliphatic rings. The van der Waals surface area contributed by atoms with Gasteiger partial charge in [0.05, 0.1) is 0 Å². The topological polar surface area (TPSA) is 0 Å². The van der Waals surface area contributed by atoms with Gasteiger partial charge in [0.1, 0.15) is 0 Å². The minimum atomic E-state index is -0.826. The second kappa shape index (κ2) is 7.69. The van der Waals surface area contributed by atoms with E-state index in [-0.39, 0.29) is 0 Å². The van der Waals surface area contributed by atoms with E-state index in [2.05, 4.69) is 50.3 Å². The number of halogens is 2. The van der Waals surface area contributed by atoms with E-state index in [1.54, 1.807) is 0 Å². The van der Waals surface area contributed by atoms with Gasteiger partial charge in [-0.2, -0.15) is 0 Å². The van der Waals surface area contributed by atoms with Gasteiger partial charge < -0.3 is 0 Å². The fraction of sp³-hybridized carbons (Fsp3) is 0.385. The van der Waals surface area contributed by atoms with Gasteiger partial charge in [-0.1, -0.05) is 50.3 Å². The summed E-state index contributed by atoms with van der Waals surface area (Å²) in [7, 11) is 9.87. The standard InChI is InChI=1S/C13H16.2ClH.Zr/c1-10(2)9-12-8-7-11-5-3-4-6-13(11)12;;;/h3-8,10,12H,9H2,1-2H3;2*1H;/q;;;+2/p-2. The Morgan fingerprint density at radius 3 is 2.50 bits per heavy atom. The van der Waals surface area contributed by atoms with Crippen LogP contribution in [-0.2, 0) is 20.8 Å². The summed E-state index contributed by atoms with van der Waals surface area (Å²) in [5.74, 6) is 1.44. The summed E-state index contributed by atoms with van der Waals surface area (Å²) < 4.78 is 0. The average molecular weight is 334 g/mol. The van der Waals surface area contributed by atoms with Gasteiger partial charge in [0.2, 0.25) is 0 Å². The molecule has 0 bridgehead atoms. The Kier molecular flexibility index (Phi) is 6.96. The summed E-state index contributed by atoms with van der Waals surface area (Å²) in [6.07, 6.45) is 5.86. The van der Waals surface area contributed by atoms with Crippen LogP contribution < -0.4 is 0 Å². The third-order valence-corrected chi connectivity index (χ3v) is 2.63.